The van der Waals surface area contributed by atoms with Gasteiger partial charge >= 0.3 is 0 Å². The highest BCUT2D eigenvalue weighted by Gasteiger charge is 2.10. The number of non-ortho nitro benzene ring substituents is 1. The zero-order chi connectivity index (χ0) is 13.7. The molecule has 0 fully saturated rings. The van der Waals surface area contributed by atoms with Crippen LogP contribution in [0.3, 0.4) is 0 Å². The zero-order valence-electron chi connectivity index (χ0n) is 10.2. The first-order chi connectivity index (χ1) is 9.20. The number of hydrogen-bond acceptors (Lipinski definition) is 3. The van der Waals surface area contributed by atoms with Crippen molar-refractivity contribution in [2.24, 2.45) is 0 Å². The third-order valence-corrected chi connectivity index (χ3v) is 2.65. The number of rotatable bonds is 5. The van der Waals surface area contributed by atoms with Crippen molar-refractivity contribution in [2.75, 3.05) is 0 Å². The smallest absolute Gasteiger partial charge is 0.269 e. The molecule has 0 saturated carbocycles. The molecule has 4 heteroatoms. The lowest BCUT2D eigenvalue weighted by Gasteiger charge is -2.15. The Morgan fingerprint density at radius 3 is 2.26 bits per heavy atom. The van der Waals surface area contributed by atoms with Gasteiger partial charge in [0.1, 0.15) is 11.9 Å². The van der Waals surface area contributed by atoms with Gasteiger partial charge in [0.2, 0.25) is 0 Å². The van der Waals surface area contributed by atoms with Crippen LogP contribution >= 0.6 is 0 Å². The van der Waals surface area contributed by atoms with E-state index in [1.54, 1.807) is 18.2 Å². The van der Waals surface area contributed by atoms with Gasteiger partial charge in [0, 0.05) is 12.1 Å². The quantitative estimate of drug-likeness (QED) is 0.462. The SMILES string of the molecule is C=C[C@@H](Oc1ccc([N+](=O)[O-])cc1)c1ccccc1. The van der Waals surface area contributed by atoms with E-state index >= 15 is 0 Å². The van der Waals surface area contributed by atoms with Gasteiger partial charge in [-0.2, -0.15) is 0 Å². The van der Waals surface area contributed by atoms with Gasteiger partial charge < -0.3 is 4.74 Å². The molecule has 96 valence electrons. The van der Waals surface area contributed by atoms with E-state index in [4.69, 9.17) is 4.74 Å². The second-order valence-electron chi connectivity index (χ2n) is 3.94. The highest BCUT2D eigenvalue weighted by Crippen LogP contribution is 2.24. The Morgan fingerprint density at radius 1 is 1.11 bits per heavy atom. The van der Waals surface area contributed by atoms with Gasteiger partial charge in [0.25, 0.3) is 5.69 Å². The van der Waals surface area contributed by atoms with E-state index in [1.165, 1.54) is 12.1 Å². The fourth-order valence-corrected chi connectivity index (χ4v) is 1.69. The first kappa shape index (κ1) is 12.8. The van der Waals surface area contributed by atoms with Gasteiger partial charge in [0.05, 0.1) is 4.92 Å². The first-order valence-corrected chi connectivity index (χ1v) is 5.79. The van der Waals surface area contributed by atoms with Crippen LogP contribution < -0.4 is 4.74 Å². The molecular formula is C15H13NO3. The lowest BCUT2D eigenvalue weighted by molar-refractivity contribution is -0.384. The number of nitrogens with zero attached hydrogens (tertiary/aromatic N) is 1. The van der Waals surface area contributed by atoms with Gasteiger partial charge in [-0.15, -0.1) is 0 Å². The second-order valence-corrected chi connectivity index (χ2v) is 3.94. The molecule has 1 atom stereocenters. The normalized spacial score (nSPS) is 11.6. The van der Waals surface area contributed by atoms with Crippen LogP contribution in [0.2, 0.25) is 0 Å². The molecule has 0 spiro atoms. The Morgan fingerprint density at radius 2 is 1.74 bits per heavy atom. The van der Waals surface area contributed by atoms with Crippen molar-refractivity contribution < 1.29 is 9.66 Å². The topological polar surface area (TPSA) is 52.4 Å². The zero-order valence-corrected chi connectivity index (χ0v) is 10.2. The third-order valence-electron chi connectivity index (χ3n) is 2.65. The fourth-order valence-electron chi connectivity index (χ4n) is 1.69. The van der Waals surface area contributed by atoms with E-state index < -0.39 is 4.92 Å². The summed E-state index contributed by atoms with van der Waals surface area (Å²) in [5.41, 5.74) is 1.03. The minimum Gasteiger partial charge on any atom is -0.482 e. The number of hydrogen-bond donors (Lipinski definition) is 0. The molecule has 0 aliphatic rings. The highest BCUT2D eigenvalue weighted by molar-refractivity contribution is 5.36. The van der Waals surface area contributed by atoms with Crippen LogP contribution in [-0.2, 0) is 0 Å². The molecule has 0 aliphatic carbocycles. The molecule has 4 nitrogen and oxygen atoms in total. The Hall–Kier alpha value is -2.62. The van der Waals surface area contributed by atoms with Gasteiger partial charge in [0.15, 0.2) is 0 Å². The summed E-state index contributed by atoms with van der Waals surface area (Å²) in [7, 11) is 0. The number of ether oxygens (including phenoxy) is 1. The molecule has 0 bridgehead atoms. The van der Waals surface area contributed by atoms with Gasteiger partial charge in [-0.05, 0) is 23.8 Å². The van der Waals surface area contributed by atoms with Crippen molar-refractivity contribution in [3.8, 4) is 5.75 Å². The van der Waals surface area contributed by atoms with Crippen LogP contribution in [0, 0.1) is 10.1 Å². The molecule has 2 aromatic carbocycles. The summed E-state index contributed by atoms with van der Waals surface area (Å²) < 4.78 is 5.74. The van der Waals surface area contributed by atoms with Crippen LogP contribution in [0.5, 0.6) is 5.75 Å². The van der Waals surface area contributed by atoms with Crippen LogP contribution in [0.15, 0.2) is 67.3 Å². The Labute approximate surface area is 111 Å². The van der Waals surface area contributed by atoms with E-state index in [0.717, 1.165) is 5.56 Å². The molecule has 0 heterocycles. The first-order valence-electron chi connectivity index (χ1n) is 5.79. The van der Waals surface area contributed by atoms with Crippen LogP contribution in [-0.4, -0.2) is 4.92 Å². The van der Waals surface area contributed by atoms with Crippen molar-refractivity contribution in [3.05, 3.63) is 82.9 Å². The third kappa shape index (κ3) is 3.19. The lowest BCUT2D eigenvalue weighted by atomic mass is 10.1. The standard InChI is InChI=1S/C15H13NO3/c1-2-15(12-6-4-3-5-7-12)19-14-10-8-13(9-11-14)16(17)18/h2-11,15H,1H2/t15-/m1/s1. The maximum atomic E-state index is 10.6. The number of benzene rings is 2. The predicted octanol–water partition coefficient (Wildman–Crippen LogP) is 3.90. The molecule has 0 aromatic heterocycles. The minimum atomic E-state index is -0.439. The Balaban J connectivity index is 2.15. The molecule has 0 saturated heterocycles. The van der Waals surface area contributed by atoms with E-state index in [0.29, 0.717) is 5.75 Å². The minimum absolute atomic E-state index is 0.0437. The summed E-state index contributed by atoms with van der Waals surface area (Å²) in [6.07, 6.45) is 1.42. The Bertz CT molecular complexity index is 564. The fraction of sp³-hybridized carbons (Fsp3) is 0.0667. The van der Waals surface area contributed by atoms with Crippen molar-refractivity contribution >= 4 is 5.69 Å². The monoisotopic (exact) mass is 255 g/mol. The molecule has 0 radical (unpaired) electrons. The summed E-state index contributed by atoms with van der Waals surface area (Å²) in [6.45, 7) is 3.75. The van der Waals surface area contributed by atoms with E-state index in [9.17, 15) is 10.1 Å². The molecule has 19 heavy (non-hydrogen) atoms. The lowest BCUT2D eigenvalue weighted by Crippen LogP contribution is -2.04. The summed E-state index contributed by atoms with van der Waals surface area (Å²) in [5.74, 6) is 0.569. The largest absolute Gasteiger partial charge is 0.482 e. The molecule has 0 aliphatic heterocycles. The van der Waals surface area contributed by atoms with Crippen molar-refractivity contribution in [1.29, 1.82) is 0 Å². The second kappa shape index (κ2) is 5.82. The summed E-state index contributed by atoms with van der Waals surface area (Å²) >= 11 is 0. The van der Waals surface area contributed by atoms with E-state index in [1.807, 2.05) is 30.3 Å². The van der Waals surface area contributed by atoms with E-state index in [2.05, 4.69) is 6.58 Å². The van der Waals surface area contributed by atoms with Crippen molar-refractivity contribution in [1.82, 2.24) is 0 Å². The van der Waals surface area contributed by atoms with Crippen LogP contribution in [0.1, 0.15) is 11.7 Å². The summed E-state index contributed by atoms with van der Waals surface area (Å²) in [6, 6.07) is 15.6. The maximum Gasteiger partial charge on any atom is 0.269 e. The highest BCUT2D eigenvalue weighted by atomic mass is 16.6. The van der Waals surface area contributed by atoms with Gasteiger partial charge in [-0.1, -0.05) is 36.9 Å². The summed E-state index contributed by atoms with van der Waals surface area (Å²) in [4.78, 5) is 10.1. The molecular weight excluding hydrogens is 242 g/mol. The molecule has 0 N–H and O–H groups in total. The predicted molar refractivity (Wildman–Crippen MR) is 73.1 cm³/mol. The Kier molecular flexibility index (Phi) is 3.93. The maximum absolute atomic E-state index is 10.6. The molecule has 2 aromatic rings. The van der Waals surface area contributed by atoms with Gasteiger partial charge in [-0.25, -0.2) is 0 Å². The molecule has 2 rings (SSSR count). The van der Waals surface area contributed by atoms with Crippen LogP contribution in [0.25, 0.3) is 0 Å². The number of nitro benzene ring substituents is 1. The number of nitro groups is 1. The van der Waals surface area contributed by atoms with Crippen LogP contribution in [0.4, 0.5) is 5.69 Å². The van der Waals surface area contributed by atoms with Crippen molar-refractivity contribution in [3.63, 3.8) is 0 Å². The average molecular weight is 255 g/mol. The summed E-state index contributed by atoms with van der Waals surface area (Å²) in [5, 5.41) is 10.6. The molecule has 0 amide bonds. The average Bonchev–Trinajstić information content (AvgIpc) is 2.46. The van der Waals surface area contributed by atoms with Gasteiger partial charge in [-0.3, -0.25) is 10.1 Å². The van der Waals surface area contributed by atoms with E-state index in [-0.39, 0.29) is 11.8 Å². The van der Waals surface area contributed by atoms with Crippen molar-refractivity contribution in [2.45, 2.75) is 6.10 Å². The molecule has 0 unspecified atom stereocenters.